The normalized spacial score (nSPS) is 29.4. The minimum Gasteiger partial charge on any atom is -0.342 e. The molecular formula is C13H24FNO. The summed E-state index contributed by atoms with van der Waals surface area (Å²) in [6, 6.07) is 0.0694. The third-order valence-corrected chi connectivity index (χ3v) is 3.89. The van der Waals surface area contributed by atoms with Crippen molar-refractivity contribution in [2.45, 2.75) is 46.1 Å². The van der Waals surface area contributed by atoms with E-state index >= 15 is 0 Å². The summed E-state index contributed by atoms with van der Waals surface area (Å²) in [4.78, 5) is 13.6. The molecule has 1 aliphatic heterocycles. The fourth-order valence-corrected chi connectivity index (χ4v) is 2.91. The molecule has 1 aliphatic rings. The lowest BCUT2D eigenvalue weighted by molar-refractivity contribution is -0.133. The molecular weight excluding hydrogens is 205 g/mol. The maximum atomic E-state index is 12.9. The lowest BCUT2D eigenvalue weighted by Gasteiger charge is -2.38. The third kappa shape index (κ3) is 2.74. The number of hydrogen-bond donors (Lipinski definition) is 0. The van der Waals surface area contributed by atoms with Gasteiger partial charge in [0.1, 0.15) is 0 Å². The van der Waals surface area contributed by atoms with Crippen molar-refractivity contribution >= 4 is 5.91 Å². The van der Waals surface area contributed by atoms with E-state index in [2.05, 4.69) is 13.8 Å². The van der Waals surface area contributed by atoms with Gasteiger partial charge in [-0.15, -0.1) is 0 Å². The van der Waals surface area contributed by atoms with Crippen LogP contribution in [0.5, 0.6) is 0 Å². The quantitative estimate of drug-likeness (QED) is 0.728. The summed E-state index contributed by atoms with van der Waals surface area (Å²) < 4.78 is 12.9. The summed E-state index contributed by atoms with van der Waals surface area (Å²) in [6.45, 7) is 5.92. The van der Waals surface area contributed by atoms with Gasteiger partial charge in [0.05, 0.1) is 6.67 Å². The number of halogens is 1. The van der Waals surface area contributed by atoms with Crippen LogP contribution < -0.4 is 0 Å². The number of carbonyl (C=O) groups is 1. The van der Waals surface area contributed by atoms with Gasteiger partial charge in [0.25, 0.3) is 0 Å². The number of likely N-dealkylation sites (tertiary alicyclic amines) is 1. The molecule has 1 amide bonds. The van der Waals surface area contributed by atoms with E-state index in [4.69, 9.17) is 0 Å². The number of nitrogens with zero attached hydrogens (tertiary/aromatic N) is 1. The smallest absolute Gasteiger partial charge is 0.222 e. The van der Waals surface area contributed by atoms with Gasteiger partial charge in [0.15, 0.2) is 0 Å². The fraction of sp³-hybridized carbons (Fsp3) is 0.923. The van der Waals surface area contributed by atoms with Crippen LogP contribution in [0.25, 0.3) is 0 Å². The second-order valence-electron chi connectivity index (χ2n) is 5.43. The van der Waals surface area contributed by atoms with Crippen LogP contribution in [0.4, 0.5) is 4.39 Å². The summed E-state index contributed by atoms with van der Waals surface area (Å²) in [6.07, 6.45) is 2.61. The molecule has 1 rings (SSSR count). The summed E-state index contributed by atoms with van der Waals surface area (Å²) in [5.41, 5.74) is 0. The molecule has 0 saturated carbocycles. The van der Waals surface area contributed by atoms with E-state index < -0.39 is 0 Å². The molecule has 0 aromatic heterocycles. The predicted molar refractivity (Wildman–Crippen MR) is 63.9 cm³/mol. The molecule has 3 atom stereocenters. The van der Waals surface area contributed by atoms with Crippen molar-refractivity contribution in [1.82, 2.24) is 4.90 Å². The van der Waals surface area contributed by atoms with E-state index in [0.29, 0.717) is 18.3 Å². The number of rotatable bonds is 3. The Bertz CT molecular complexity index is 242. The SMILES string of the molecule is CC(C)C1CCCC(=O)N(C)C1C(C)CF. The lowest BCUT2D eigenvalue weighted by atomic mass is 9.79. The van der Waals surface area contributed by atoms with E-state index in [1.807, 2.05) is 14.0 Å². The molecule has 2 nitrogen and oxygen atoms in total. The van der Waals surface area contributed by atoms with Crippen molar-refractivity contribution in [2.75, 3.05) is 13.7 Å². The zero-order chi connectivity index (χ0) is 12.3. The van der Waals surface area contributed by atoms with Gasteiger partial charge in [-0.3, -0.25) is 9.18 Å². The first-order valence-corrected chi connectivity index (χ1v) is 6.30. The number of carbonyl (C=O) groups excluding carboxylic acids is 1. The van der Waals surface area contributed by atoms with Crippen LogP contribution in [0, 0.1) is 17.8 Å². The minimum absolute atomic E-state index is 0.0561. The Morgan fingerprint density at radius 1 is 1.44 bits per heavy atom. The van der Waals surface area contributed by atoms with Crippen LogP contribution in [-0.2, 0) is 4.79 Å². The van der Waals surface area contributed by atoms with Crippen LogP contribution in [0.2, 0.25) is 0 Å². The minimum atomic E-state index is -0.342. The Hall–Kier alpha value is -0.600. The molecule has 0 bridgehead atoms. The van der Waals surface area contributed by atoms with Crippen LogP contribution >= 0.6 is 0 Å². The Morgan fingerprint density at radius 2 is 2.06 bits per heavy atom. The summed E-state index contributed by atoms with van der Waals surface area (Å²) in [5, 5.41) is 0. The molecule has 3 unspecified atom stereocenters. The van der Waals surface area contributed by atoms with Gasteiger partial charge < -0.3 is 4.90 Å². The van der Waals surface area contributed by atoms with Gasteiger partial charge >= 0.3 is 0 Å². The molecule has 1 fully saturated rings. The zero-order valence-electron chi connectivity index (χ0n) is 10.9. The highest BCUT2D eigenvalue weighted by atomic mass is 19.1. The fourth-order valence-electron chi connectivity index (χ4n) is 2.91. The average Bonchev–Trinajstić information content (AvgIpc) is 2.39. The van der Waals surface area contributed by atoms with E-state index in [1.165, 1.54) is 0 Å². The van der Waals surface area contributed by atoms with Gasteiger partial charge in [-0.25, -0.2) is 0 Å². The maximum absolute atomic E-state index is 12.9. The van der Waals surface area contributed by atoms with Crippen LogP contribution in [0.3, 0.4) is 0 Å². The van der Waals surface area contributed by atoms with E-state index in [-0.39, 0.29) is 24.5 Å². The van der Waals surface area contributed by atoms with Crippen LogP contribution in [-0.4, -0.2) is 30.6 Å². The monoisotopic (exact) mass is 229 g/mol. The molecule has 0 N–H and O–H groups in total. The third-order valence-electron chi connectivity index (χ3n) is 3.89. The molecule has 1 saturated heterocycles. The predicted octanol–water partition coefficient (Wildman–Crippen LogP) is 2.88. The Balaban J connectivity index is 2.92. The summed E-state index contributed by atoms with van der Waals surface area (Å²) in [7, 11) is 1.83. The Labute approximate surface area is 98.2 Å². The molecule has 1 heterocycles. The van der Waals surface area contributed by atoms with Crippen LogP contribution in [0.1, 0.15) is 40.0 Å². The number of amides is 1. The first kappa shape index (κ1) is 13.5. The molecule has 0 aromatic rings. The number of alkyl halides is 1. The molecule has 0 radical (unpaired) electrons. The van der Waals surface area contributed by atoms with Crippen molar-refractivity contribution in [3.05, 3.63) is 0 Å². The van der Waals surface area contributed by atoms with Crippen LogP contribution in [0.15, 0.2) is 0 Å². The Kier molecular flexibility index (Phi) is 4.75. The van der Waals surface area contributed by atoms with Crippen molar-refractivity contribution in [3.8, 4) is 0 Å². The van der Waals surface area contributed by atoms with Gasteiger partial charge in [0, 0.05) is 25.4 Å². The highest BCUT2D eigenvalue weighted by Crippen LogP contribution is 2.32. The summed E-state index contributed by atoms with van der Waals surface area (Å²) in [5.74, 6) is 1.06. The van der Waals surface area contributed by atoms with Gasteiger partial charge in [-0.05, 0) is 24.7 Å². The highest BCUT2D eigenvalue weighted by molar-refractivity contribution is 5.76. The lowest BCUT2D eigenvalue weighted by Crippen LogP contribution is -2.46. The van der Waals surface area contributed by atoms with Crippen molar-refractivity contribution in [1.29, 1.82) is 0 Å². The maximum Gasteiger partial charge on any atom is 0.222 e. The second-order valence-corrected chi connectivity index (χ2v) is 5.43. The van der Waals surface area contributed by atoms with Gasteiger partial charge in [0.2, 0.25) is 5.91 Å². The van der Waals surface area contributed by atoms with Crippen molar-refractivity contribution in [3.63, 3.8) is 0 Å². The topological polar surface area (TPSA) is 20.3 Å². The highest BCUT2D eigenvalue weighted by Gasteiger charge is 2.36. The largest absolute Gasteiger partial charge is 0.342 e. The second kappa shape index (κ2) is 5.65. The van der Waals surface area contributed by atoms with Gasteiger partial charge in [-0.2, -0.15) is 0 Å². The standard InChI is InChI=1S/C13H24FNO/c1-9(2)11-6-5-7-12(16)15(4)13(11)10(3)8-14/h9-11,13H,5-8H2,1-4H3. The molecule has 0 spiro atoms. The zero-order valence-corrected chi connectivity index (χ0v) is 10.9. The molecule has 0 aromatic carbocycles. The van der Waals surface area contributed by atoms with E-state index in [9.17, 15) is 9.18 Å². The average molecular weight is 229 g/mol. The van der Waals surface area contributed by atoms with E-state index in [0.717, 1.165) is 12.8 Å². The van der Waals surface area contributed by atoms with E-state index in [1.54, 1.807) is 4.90 Å². The molecule has 0 aliphatic carbocycles. The first-order valence-electron chi connectivity index (χ1n) is 6.30. The van der Waals surface area contributed by atoms with Gasteiger partial charge in [-0.1, -0.05) is 20.8 Å². The number of hydrogen-bond acceptors (Lipinski definition) is 1. The summed E-state index contributed by atoms with van der Waals surface area (Å²) >= 11 is 0. The molecule has 16 heavy (non-hydrogen) atoms. The molecule has 3 heteroatoms. The first-order chi connectivity index (χ1) is 7.49. The van der Waals surface area contributed by atoms with Crippen molar-refractivity contribution in [2.24, 2.45) is 17.8 Å². The van der Waals surface area contributed by atoms with Crippen molar-refractivity contribution < 1.29 is 9.18 Å². The Morgan fingerprint density at radius 3 is 2.56 bits per heavy atom. The molecule has 94 valence electrons.